The number of alkyl halides is 2. The lowest BCUT2D eigenvalue weighted by molar-refractivity contribution is -0.0446. The Balaban J connectivity index is 1.81. The molecular formula is C16H16F2N6O. The number of amides is 1. The zero-order chi connectivity index (χ0) is 17.6. The Kier molecular flexibility index (Phi) is 3.52. The van der Waals surface area contributed by atoms with Crippen LogP contribution in [0.5, 0.6) is 0 Å². The summed E-state index contributed by atoms with van der Waals surface area (Å²) < 4.78 is 30.1. The van der Waals surface area contributed by atoms with Gasteiger partial charge < -0.3 is 5.73 Å². The molecule has 25 heavy (non-hydrogen) atoms. The molecule has 1 fully saturated rings. The van der Waals surface area contributed by atoms with Crippen LogP contribution in [0.3, 0.4) is 0 Å². The van der Waals surface area contributed by atoms with E-state index >= 15 is 0 Å². The van der Waals surface area contributed by atoms with Crippen LogP contribution in [0.15, 0.2) is 31.0 Å². The molecule has 1 saturated carbocycles. The van der Waals surface area contributed by atoms with Gasteiger partial charge in [0.1, 0.15) is 17.7 Å². The highest BCUT2D eigenvalue weighted by atomic mass is 19.3. The van der Waals surface area contributed by atoms with Crippen LogP contribution in [0.25, 0.3) is 16.7 Å². The smallest absolute Gasteiger partial charge is 0.269 e. The van der Waals surface area contributed by atoms with Crippen molar-refractivity contribution in [3.63, 3.8) is 0 Å². The lowest BCUT2D eigenvalue weighted by atomic mass is 9.92. The van der Waals surface area contributed by atoms with Crippen molar-refractivity contribution in [1.82, 2.24) is 24.3 Å². The van der Waals surface area contributed by atoms with Gasteiger partial charge in [-0.05, 0) is 18.9 Å². The van der Waals surface area contributed by atoms with Crippen molar-refractivity contribution in [3.8, 4) is 5.82 Å². The normalized spacial score (nSPS) is 17.8. The third kappa shape index (κ3) is 2.75. The van der Waals surface area contributed by atoms with Crippen LogP contribution in [0, 0.1) is 0 Å². The van der Waals surface area contributed by atoms with Crippen molar-refractivity contribution in [2.75, 3.05) is 0 Å². The first kappa shape index (κ1) is 15.7. The third-order valence-electron chi connectivity index (χ3n) is 4.59. The van der Waals surface area contributed by atoms with Crippen molar-refractivity contribution < 1.29 is 13.6 Å². The Morgan fingerprint density at radius 2 is 2.08 bits per heavy atom. The predicted molar refractivity (Wildman–Crippen MR) is 85.6 cm³/mol. The Hall–Kier alpha value is -2.84. The lowest BCUT2D eigenvalue weighted by Crippen LogP contribution is -2.27. The Morgan fingerprint density at radius 1 is 1.32 bits per heavy atom. The highest BCUT2D eigenvalue weighted by Crippen LogP contribution is 2.39. The summed E-state index contributed by atoms with van der Waals surface area (Å²) in [6.07, 6.45) is 6.69. The van der Waals surface area contributed by atoms with Crippen molar-refractivity contribution in [1.29, 1.82) is 0 Å². The summed E-state index contributed by atoms with van der Waals surface area (Å²) in [5.74, 6) is -2.82. The maximum atomic E-state index is 13.4. The number of nitrogens with zero attached hydrogens (tertiary/aromatic N) is 5. The van der Waals surface area contributed by atoms with E-state index in [1.807, 2.05) is 0 Å². The van der Waals surface area contributed by atoms with E-state index in [9.17, 15) is 13.6 Å². The van der Waals surface area contributed by atoms with E-state index in [0.717, 1.165) is 0 Å². The summed E-state index contributed by atoms with van der Waals surface area (Å²) in [5.41, 5.74) is 6.09. The van der Waals surface area contributed by atoms with Crippen LogP contribution in [0.2, 0.25) is 0 Å². The molecule has 130 valence electrons. The molecule has 2 N–H and O–H groups in total. The molecule has 0 unspecified atom stereocenters. The van der Waals surface area contributed by atoms with Gasteiger partial charge in [-0.1, -0.05) is 0 Å². The predicted octanol–water partition coefficient (Wildman–Crippen LogP) is 2.47. The highest BCUT2D eigenvalue weighted by molar-refractivity contribution is 6.03. The summed E-state index contributed by atoms with van der Waals surface area (Å²) in [5, 5.41) is 5.02. The van der Waals surface area contributed by atoms with E-state index in [0.29, 0.717) is 29.6 Å². The molecule has 1 aliphatic rings. The van der Waals surface area contributed by atoms with E-state index in [4.69, 9.17) is 5.73 Å². The summed E-state index contributed by atoms with van der Waals surface area (Å²) in [7, 11) is 0. The molecule has 0 saturated heterocycles. The average Bonchev–Trinajstić information content (AvgIpc) is 3.23. The maximum Gasteiger partial charge on any atom is 0.269 e. The van der Waals surface area contributed by atoms with E-state index in [2.05, 4.69) is 15.1 Å². The van der Waals surface area contributed by atoms with Gasteiger partial charge in [-0.25, -0.2) is 18.7 Å². The largest absolute Gasteiger partial charge is 0.364 e. The number of imidazole rings is 1. The quantitative estimate of drug-likeness (QED) is 0.788. The minimum Gasteiger partial charge on any atom is -0.364 e. The molecule has 3 heterocycles. The number of pyridine rings is 1. The molecule has 0 aliphatic heterocycles. The molecule has 4 rings (SSSR count). The summed E-state index contributed by atoms with van der Waals surface area (Å²) in [6, 6.07) is 1.57. The molecule has 3 aromatic rings. The minimum absolute atomic E-state index is 0.0797. The fraction of sp³-hybridized carbons (Fsp3) is 0.375. The van der Waals surface area contributed by atoms with E-state index in [1.54, 1.807) is 40.2 Å². The van der Waals surface area contributed by atoms with Crippen molar-refractivity contribution in [2.24, 2.45) is 5.73 Å². The van der Waals surface area contributed by atoms with Gasteiger partial charge in [0, 0.05) is 30.6 Å². The number of carbonyl (C=O) groups is 1. The minimum atomic E-state index is -2.63. The Bertz CT molecular complexity index is 924. The number of carbonyl (C=O) groups excluding carboxylic acids is 1. The van der Waals surface area contributed by atoms with E-state index in [1.165, 1.54) is 0 Å². The maximum absolute atomic E-state index is 13.4. The lowest BCUT2D eigenvalue weighted by Gasteiger charge is -2.29. The number of fused-ring (bicyclic) bond motifs is 1. The number of hydrogen-bond acceptors (Lipinski definition) is 4. The second-order valence-electron chi connectivity index (χ2n) is 6.28. The number of halogens is 2. The molecule has 9 heteroatoms. The fourth-order valence-corrected chi connectivity index (χ4v) is 3.31. The van der Waals surface area contributed by atoms with Gasteiger partial charge in [0.15, 0.2) is 5.69 Å². The SMILES string of the molecule is NC(=O)c1nc(-n2ccnc2)cc2cnn(C3CCC(F)(F)CC3)c12. The molecule has 0 atom stereocenters. The second-order valence-corrected chi connectivity index (χ2v) is 6.28. The van der Waals surface area contributed by atoms with Crippen molar-refractivity contribution in [2.45, 2.75) is 37.6 Å². The topological polar surface area (TPSA) is 91.6 Å². The Labute approximate surface area is 141 Å². The van der Waals surface area contributed by atoms with Gasteiger partial charge in [-0.3, -0.25) is 14.0 Å². The molecule has 1 amide bonds. The van der Waals surface area contributed by atoms with Gasteiger partial charge >= 0.3 is 0 Å². The number of rotatable bonds is 3. The summed E-state index contributed by atoms with van der Waals surface area (Å²) in [4.78, 5) is 20.2. The molecule has 0 radical (unpaired) electrons. The first-order valence-electron chi connectivity index (χ1n) is 7.99. The first-order valence-corrected chi connectivity index (χ1v) is 7.99. The number of nitrogens with two attached hydrogens (primary N) is 1. The van der Waals surface area contributed by atoms with Gasteiger partial charge in [-0.2, -0.15) is 5.10 Å². The standard InChI is InChI=1S/C16H16F2N6O/c17-16(18)3-1-11(2-4-16)24-14-10(8-21-24)7-12(22-13(14)15(19)25)23-6-5-20-9-23/h5-9,11H,1-4H2,(H2,19,25). The van der Waals surface area contributed by atoms with E-state index < -0.39 is 11.8 Å². The van der Waals surface area contributed by atoms with Gasteiger partial charge in [0.25, 0.3) is 5.91 Å². The Morgan fingerprint density at radius 3 is 2.72 bits per heavy atom. The van der Waals surface area contributed by atoms with Crippen LogP contribution in [0.4, 0.5) is 8.78 Å². The average molecular weight is 346 g/mol. The molecule has 3 aromatic heterocycles. The second kappa shape index (κ2) is 5.61. The first-order chi connectivity index (χ1) is 11.9. The van der Waals surface area contributed by atoms with Crippen LogP contribution in [-0.2, 0) is 0 Å². The molecule has 0 aromatic carbocycles. The van der Waals surface area contributed by atoms with Gasteiger partial charge in [-0.15, -0.1) is 0 Å². The van der Waals surface area contributed by atoms with Gasteiger partial charge in [0.05, 0.1) is 12.2 Å². The third-order valence-corrected chi connectivity index (χ3v) is 4.59. The van der Waals surface area contributed by atoms with Crippen LogP contribution >= 0.6 is 0 Å². The van der Waals surface area contributed by atoms with Crippen LogP contribution in [-0.4, -0.2) is 36.1 Å². The molecule has 1 aliphatic carbocycles. The zero-order valence-corrected chi connectivity index (χ0v) is 13.3. The monoisotopic (exact) mass is 346 g/mol. The highest BCUT2D eigenvalue weighted by Gasteiger charge is 2.36. The number of aromatic nitrogens is 5. The molecule has 7 nitrogen and oxygen atoms in total. The van der Waals surface area contributed by atoms with Crippen molar-refractivity contribution >= 4 is 16.8 Å². The summed E-state index contributed by atoms with van der Waals surface area (Å²) >= 11 is 0. The van der Waals surface area contributed by atoms with Crippen LogP contribution < -0.4 is 5.73 Å². The molecule has 0 spiro atoms. The zero-order valence-electron chi connectivity index (χ0n) is 13.3. The number of primary amides is 1. The van der Waals surface area contributed by atoms with Crippen molar-refractivity contribution in [3.05, 3.63) is 36.7 Å². The fourth-order valence-electron chi connectivity index (χ4n) is 3.31. The van der Waals surface area contributed by atoms with E-state index in [-0.39, 0.29) is 24.6 Å². The summed E-state index contributed by atoms with van der Waals surface area (Å²) in [6.45, 7) is 0. The van der Waals surface area contributed by atoms with Gasteiger partial charge in [0.2, 0.25) is 5.92 Å². The number of hydrogen-bond donors (Lipinski definition) is 1. The van der Waals surface area contributed by atoms with Crippen LogP contribution in [0.1, 0.15) is 42.2 Å². The molecular weight excluding hydrogens is 330 g/mol. The molecule has 0 bridgehead atoms.